The van der Waals surface area contributed by atoms with Crippen molar-refractivity contribution < 1.29 is 19.5 Å². The zero-order valence-electron chi connectivity index (χ0n) is 16.2. The summed E-state index contributed by atoms with van der Waals surface area (Å²) in [6, 6.07) is 9.49. The van der Waals surface area contributed by atoms with Crippen LogP contribution >= 0.6 is 0 Å². The first kappa shape index (κ1) is 19.1. The fraction of sp³-hybridized carbons (Fsp3) is 0.591. The molecule has 0 bridgehead atoms. The maximum Gasteiger partial charge on any atom is 0.313 e. The highest BCUT2D eigenvalue weighted by molar-refractivity contribution is 5.98. The standard InChI is InChI=1S/C22H28N2O4/c25-19(16-6-2-1-3-7-16)10-11-20(26)24-13-17-12-23(18-8-4-5-9-18)14-22(17,15-24)21(27)28/h1-3,6-7,17-18H,4-5,8-15H2,(H,27,28)/t17-,22-/m0/s1. The first-order chi connectivity index (χ1) is 13.5. The highest BCUT2D eigenvalue weighted by atomic mass is 16.4. The fourth-order valence-electron chi connectivity index (χ4n) is 5.29. The highest BCUT2D eigenvalue weighted by Gasteiger charge is 2.59. The molecule has 2 heterocycles. The van der Waals surface area contributed by atoms with Gasteiger partial charge < -0.3 is 10.0 Å². The van der Waals surface area contributed by atoms with Crippen molar-refractivity contribution in [1.29, 1.82) is 0 Å². The Balaban J connectivity index is 1.36. The lowest BCUT2D eigenvalue weighted by molar-refractivity contribution is -0.149. The number of hydrogen-bond donors (Lipinski definition) is 1. The van der Waals surface area contributed by atoms with Crippen LogP contribution in [-0.4, -0.2) is 64.8 Å². The Kier molecular flexibility index (Phi) is 5.23. The topological polar surface area (TPSA) is 77.9 Å². The van der Waals surface area contributed by atoms with Crippen LogP contribution in [0.4, 0.5) is 0 Å². The third-order valence-electron chi connectivity index (χ3n) is 6.92. The van der Waals surface area contributed by atoms with Crippen LogP contribution in [0.25, 0.3) is 0 Å². The van der Waals surface area contributed by atoms with E-state index in [2.05, 4.69) is 4.90 Å². The van der Waals surface area contributed by atoms with Gasteiger partial charge in [-0.3, -0.25) is 19.3 Å². The van der Waals surface area contributed by atoms with E-state index in [9.17, 15) is 19.5 Å². The predicted molar refractivity (Wildman–Crippen MR) is 104 cm³/mol. The quantitative estimate of drug-likeness (QED) is 0.762. The first-order valence-electron chi connectivity index (χ1n) is 10.3. The zero-order chi connectivity index (χ0) is 19.7. The van der Waals surface area contributed by atoms with E-state index < -0.39 is 11.4 Å². The molecule has 2 saturated heterocycles. The van der Waals surface area contributed by atoms with Crippen molar-refractivity contribution in [2.24, 2.45) is 11.3 Å². The van der Waals surface area contributed by atoms with Gasteiger partial charge in [0, 0.05) is 56.5 Å². The second-order valence-electron chi connectivity index (χ2n) is 8.59. The van der Waals surface area contributed by atoms with Gasteiger partial charge >= 0.3 is 5.97 Å². The van der Waals surface area contributed by atoms with Crippen molar-refractivity contribution in [2.75, 3.05) is 26.2 Å². The van der Waals surface area contributed by atoms with E-state index in [1.807, 2.05) is 18.2 Å². The Morgan fingerprint density at radius 1 is 1.00 bits per heavy atom. The summed E-state index contributed by atoms with van der Waals surface area (Å²) in [5, 5.41) is 9.98. The SMILES string of the molecule is O=C(CCC(=O)N1C[C@@H]2CN(C3CCCC3)C[C@]2(C(=O)O)C1)c1ccccc1. The van der Waals surface area contributed by atoms with Crippen LogP contribution in [-0.2, 0) is 9.59 Å². The lowest BCUT2D eigenvalue weighted by Gasteiger charge is -2.28. The molecule has 0 spiro atoms. The number of benzene rings is 1. The van der Waals surface area contributed by atoms with Crippen LogP contribution in [0.15, 0.2) is 30.3 Å². The number of rotatable bonds is 6. The summed E-state index contributed by atoms with van der Waals surface area (Å²) < 4.78 is 0. The maximum absolute atomic E-state index is 12.7. The molecule has 4 rings (SSSR count). The maximum atomic E-state index is 12.7. The van der Waals surface area contributed by atoms with E-state index in [4.69, 9.17) is 0 Å². The normalized spacial score (nSPS) is 27.9. The third-order valence-corrected chi connectivity index (χ3v) is 6.92. The minimum Gasteiger partial charge on any atom is -0.481 e. The highest BCUT2D eigenvalue weighted by Crippen LogP contribution is 2.45. The fourth-order valence-corrected chi connectivity index (χ4v) is 5.29. The van der Waals surface area contributed by atoms with E-state index in [1.165, 1.54) is 12.8 Å². The molecule has 6 heteroatoms. The van der Waals surface area contributed by atoms with E-state index in [0.29, 0.717) is 24.7 Å². The number of nitrogens with zero attached hydrogens (tertiary/aromatic N) is 2. The molecule has 2 aliphatic heterocycles. The van der Waals surface area contributed by atoms with Gasteiger partial charge in [0.05, 0.1) is 0 Å². The number of Topliss-reactive ketones (excluding diaryl/α,β-unsaturated/α-hetero) is 1. The number of carboxylic acid groups (broad SMARTS) is 1. The van der Waals surface area contributed by atoms with Crippen molar-refractivity contribution in [3.05, 3.63) is 35.9 Å². The zero-order valence-corrected chi connectivity index (χ0v) is 16.2. The van der Waals surface area contributed by atoms with Crippen LogP contribution in [0.5, 0.6) is 0 Å². The molecule has 1 aromatic carbocycles. The van der Waals surface area contributed by atoms with Gasteiger partial charge in [-0.25, -0.2) is 0 Å². The molecule has 0 radical (unpaired) electrons. The minimum absolute atomic E-state index is 0.0145. The Hall–Kier alpha value is -2.21. The molecule has 3 aliphatic rings. The van der Waals surface area contributed by atoms with Gasteiger partial charge in [-0.1, -0.05) is 43.2 Å². The number of amides is 1. The Morgan fingerprint density at radius 3 is 2.36 bits per heavy atom. The largest absolute Gasteiger partial charge is 0.481 e. The van der Waals surface area contributed by atoms with E-state index in [1.54, 1.807) is 17.0 Å². The van der Waals surface area contributed by atoms with Crippen LogP contribution in [0.1, 0.15) is 48.9 Å². The molecular weight excluding hydrogens is 356 g/mol. The Bertz CT molecular complexity index is 759. The van der Waals surface area contributed by atoms with Crippen LogP contribution in [0.2, 0.25) is 0 Å². The van der Waals surface area contributed by atoms with Crippen molar-refractivity contribution in [2.45, 2.75) is 44.6 Å². The number of carboxylic acids is 1. The van der Waals surface area contributed by atoms with Crippen molar-refractivity contribution in [3.8, 4) is 0 Å². The van der Waals surface area contributed by atoms with Crippen molar-refractivity contribution >= 4 is 17.7 Å². The number of carbonyl (C=O) groups is 3. The summed E-state index contributed by atoms with van der Waals surface area (Å²) in [6.45, 7) is 2.08. The summed E-state index contributed by atoms with van der Waals surface area (Å²) in [5.74, 6) is -0.951. The minimum atomic E-state index is -0.846. The molecule has 28 heavy (non-hydrogen) atoms. The number of aliphatic carboxylic acids is 1. The van der Waals surface area contributed by atoms with Crippen LogP contribution < -0.4 is 0 Å². The van der Waals surface area contributed by atoms with Gasteiger partial charge in [0.25, 0.3) is 0 Å². The number of carbonyl (C=O) groups excluding carboxylic acids is 2. The van der Waals surface area contributed by atoms with Crippen LogP contribution in [0, 0.1) is 11.3 Å². The van der Waals surface area contributed by atoms with E-state index in [0.717, 1.165) is 19.4 Å². The van der Waals surface area contributed by atoms with Gasteiger partial charge in [-0.05, 0) is 12.8 Å². The lowest BCUT2D eigenvalue weighted by atomic mass is 9.81. The van der Waals surface area contributed by atoms with Gasteiger partial charge in [0.1, 0.15) is 5.41 Å². The lowest BCUT2D eigenvalue weighted by Crippen LogP contribution is -2.43. The molecule has 1 N–H and O–H groups in total. The molecule has 1 amide bonds. The molecule has 0 unspecified atom stereocenters. The smallest absolute Gasteiger partial charge is 0.313 e. The van der Waals surface area contributed by atoms with Gasteiger partial charge in [-0.15, -0.1) is 0 Å². The number of fused-ring (bicyclic) bond motifs is 1. The van der Waals surface area contributed by atoms with Gasteiger partial charge in [0.15, 0.2) is 5.78 Å². The molecule has 1 aliphatic carbocycles. The monoisotopic (exact) mass is 384 g/mol. The molecular formula is C22H28N2O4. The molecule has 1 aromatic rings. The second-order valence-corrected chi connectivity index (χ2v) is 8.59. The second kappa shape index (κ2) is 7.66. The summed E-state index contributed by atoms with van der Waals surface area (Å²) in [5.41, 5.74) is -0.232. The van der Waals surface area contributed by atoms with Gasteiger partial charge in [0.2, 0.25) is 5.91 Å². The summed E-state index contributed by atoms with van der Waals surface area (Å²) >= 11 is 0. The Labute approximate surface area is 165 Å². The first-order valence-corrected chi connectivity index (χ1v) is 10.3. The molecule has 150 valence electrons. The predicted octanol–water partition coefficient (Wildman–Crippen LogP) is 2.44. The third kappa shape index (κ3) is 3.46. The molecule has 3 fully saturated rings. The van der Waals surface area contributed by atoms with E-state index in [-0.39, 0.29) is 37.0 Å². The van der Waals surface area contributed by atoms with Gasteiger partial charge in [-0.2, -0.15) is 0 Å². The molecule has 1 saturated carbocycles. The summed E-state index contributed by atoms with van der Waals surface area (Å²) in [7, 11) is 0. The van der Waals surface area contributed by atoms with Crippen molar-refractivity contribution in [1.82, 2.24) is 9.80 Å². The van der Waals surface area contributed by atoms with E-state index >= 15 is 0 Å². The number of ketones is 1. The van der Waals surface area contributed by atoms with Crippen molar-refractivity contribution in [3.63, 3.8) is 0 Å². The summed E-state index contributed by atoms with van der Waals surface area (Å²) in [6.07, 6.45) is 5.08. The molecule has 2 atom stereocenters. The number of hydrogen-bond acceptors (Lipinski definition) is 4. The Morgan fingerprint density at radius 2 is 1.71 bits per heavy atom. The summed E-state index contributed by atoms with van der Waals surface area (Å²) in [4.78, 5) is 41.1. The number of likely N-dealkylation sites (tertiary alicyclic amines) is 2. The van der Waals surface area contributed by atoms with Crippen LogP contribution in [0.3, 0.4) is 0 Å². The molecule has 6 nitrogen and oxygen atoms in total. The molecule has 0 aromatic heterocycles. The average Bonchev–Trinajstić information content (AvgIpc) is 3.40. The average molecular weight is 384 g/mol.